The van der Waals surface area contributed by atoms with Crippen LogP contribution in [0.4, 0.5) is 19.4 Å². The normalized spacial score (nSPS) is 15.2. The van der Waals surface area contributed by atoms with Crippen LogP contribution in [0.2, 0.25) is 0 Å². The molecule has 0 unspecified atom stereocenters. The Labute approximate surface area is 118 Å². The lowest BCUT2D eigenvalue weighted by Crippen LogP contribution is -2.09. The number of carbonyl (C=O) groups is 1. The maximum absolute atomic E-state index is 12.8. The zero-order valence-corrected chi connectivity index (χ0v) is 12.2. The first-order chi connectivity index (χ1) is 9.33. The zero-order valence-electron chi connectivity index (χ0n) is 11.4. The van der Waals surface area contributed by atoms with E-state index in [1.54, 1.807) is 0 Å². The number of carbonyl (C=O) groups excluding carboxylic acids is 1. The number of Topliss-reactive ketones (excluding diaryl/α,β-unsaturated/α-hetero) is 1. The molecule has 0 fully saturated rings. The molecule has 9 heteroatoms. The summed E-state index contributed by atoms with van der Waals surface area (Å²) in [5.74, 6) is -1.19. The third-order valence-corrected chi connectivity index (χ3v) is 3.62. The van der Waals surface area contributed by atoms with Crippen molar-refractivity contribution in [1.82, 2.24) is 0 Å². The van der Waals surface area contributed by atoms with E-state index >= 15 is 0 Å². The van der Waals surface area contributed by atoms with Gasteiger partial charge in [0.2, 0.25) is 0 Å². The Morgan fingerprint density at radius 2 is 1.71 bits per heavy atom. The van der Waals surface area contributed by atoms with Gasteiger partial charge in [-0.05, 0) is 19.1 Å². The van der Waals surface area contributed by atoms with Crippen LogP contribution in [0.1, 0.15) is 23.7 Å². The lowest BCUT2D eigenvalue weighted by molar-refractivity contribution is 0.101. The fraction of sp³-hybridized carbons (Fsp3) is 0.417. The van der Waals surface area contributed by atoms with Crippen molar-refractivity contribution in [3.63, 3.8) is 0 Å². The molecule has 0 radical (unpaired) electrons. The van der Waals surface area contributed by atoms with Crippen LogP contribution in [-0.4, -0.2) is 26.1 Å². The molecular formula is C12H15F5O3S. The van der Waals surface area contributed by atoms with Gasteiger partial charge in [-0.25, -0.2) is 0 Å². The predicted octanol–water partition coefficient (Wildman–Crippen LogP) is 4.96. The fourth-order valence-corrected chi connectivity index (χ4v) is 2.16. The Morgan fingerprint density at radius 3 is 2.19 bits per heavy atom. The van der Waals surface area contributed by atoms with Gasteiger partial charge in [0.15, 0.2) is 5.78 Å². The van der Waals surface area contributed by atoms with Gasteiger partial charge < -0.3 is 9.47 Å². The minimum Gasteiger partial charge on any atom is -0.493 e. The van der Waals surface area contributed by atoms with Gasteiger partial charge in [0.05, 0.1) is 6.61 Å². The molecule has 0 aromatic heterocycles. The van der Waals surface area contributed by atoms with E-state index in [4.69, 9.17) is 9.47 Å². The molecule has 0 saturated heterocycles. The predicted molar refractivity (Wildman–Crippen MR) is 69.8 cm³/mol. The number of hydrogen-bond acceptors (Lipinski definition) is 3. The monoisotopic (exact) mass is 334 g/mol. The second-order valence-electron chi connectivity index (χ2n) is 4.41. The summed E-state index contributed by atoms with van der Waals surface area (Å²) < 4.78 is 73.8. The van der Waals surface area contributed by atoms with E-state index in [-0.39, 0.29) is 18.7 Å². The number of halogens is 5. The highest BCUT2D eigenvalue weighted by Crippen LogP contribution is 3.02. The molecule has 0 aliphatic carbocycles. The van der Waals surface area contributed by atoms with Gasteiger partial charge in [-0.15, -0.1) is 0 Å². The number of ether oxygens (including phenoxy) is 2. The van der Waals surface area contributed by atoms with Crippen molar-refractivity contribution in [3.8, 4) is 5.75 Å². The number of hydrogen-bond donors (Lipinski definition) is 0. The Balaban J connectivity index is 3.17. The van der Waals surface area contributed by atoms with Crippen LogP contribution in [0.15, 0.2) is 23.1 Å². The van der Waals surface area contributed by atoms with Crippen LogP contribution in [-0.2, 0) is 4.74 Å². The summed E-state index contributed by atoms with van der Waals surface area (Å²) in [6.07, 6.45) is 0.368. The van der Waals surface area contributed by atoms with Crippen LogP contribution in [0.25, 0.3) is 0 Å². The summed E-state index contributed by atoms with van der Waals surface area (Å²) >= 11 is 0. The molecule has 1 aromatic rings. The highest BCUT2D eigenvalue weighted by molar-refractivity contribution is 8.45. The second kappa shape index (κ2) is 5.13. The van der Waals surface area contributed by atoms with E-state index in [0.29, 0.717) is 13.0 Å². The van der Waals surface area contributed by atoms with Gasteiger partial charge in [0.1, 0.15) is 10.6 Å². The molecule has 0 bridgehead atoms. The highest BCUT2D eigenvalue weighted by Gasteiger charge is 2.65. The van der Waals surface area contributed by atoms with E-state index < -0.39 is 32.2 Å². The molecule has 122 valence electrons. The summed E-state index contributed by atoms with van der Waals surface area (Å²) in [5.41, 5.74) is -0.484. The molecule has 0 spiro atoms. The molecule has 0 atom stereocenters. The lowest BCUT2D eigenvalue weighted by atomic mass is 10.1. The molecule has 0 aliphatic heterocycles. The largest absolute Gasteiger partial charge is 0.493 e. The van der Waals surface area contributed by atoms with Gasteiger partial charge in [-0.1, -0.05) is 19.4 Å². The van der Waals surface area contributed by atoms with E-state index in [1.165, 1.54) is 7.11 Å². The quantitative estimate of drug-likeness (QED) is 0.401. The van der Waals surface area contributed by atoms with E-state index in [9.17, 15) is 24.2 Å². The first-order valence-corrected chi connectivity index (χ1v) is 7.80. The maximum Gasteiger partial charge on any atom is 0.310 e. The van der Waals surface area contributed by atoms with Gasteiger partial charge in [-0.2, -0.15) is 0 Å². The lowest BCUT2D eigenvalue weighted by Gasteiger charge is -2.40. The van der Waals surface area contributed by atoms with Crippen LogP contribution >= 0.6 is 10.2 Å². The highest BCUT2D eigenvalue weighted by atomic mass is 32.5. The Morgan fingerprint density at radius 1 is 1.10 bits per heavy atom. The van der Waals surface area contributed by atoms with Crippen LogP contribution < -0.4 is 4.74 Å². The standard InChI is InChI=1S/C12H15F5O3S/c1-9(18)10-6-11(20-5-3-4-19-2)8-12(7-10)21(13,14,15,16)17/h6-8H,3-5H2,1-2H3. The Bertz CT molecular complexity index is 541. The van der Waals surface area contributed by atoms with Crippen molar-refractivity contribution in [1.29, 1.82) is 0 Å². The fourth-order valence-electron chi connectivity index (χ4n) is 1.47. The first-order valence-electron chi connectivity index (χ1n) is 5.85. The third kappa shape index (κ3) is 5.50. The topological polar surface area (TPSA) is 35.5 Å². The molecule has 0 saturated carbocycles. The van der Waals surface area contributed by atoms with Crippen LogP contribution in [0.5, 0.6) is 5.75 Å². The van der Waals surface area contributed by atoms with E-state index in [2.05, 4.69) is 0 Å². The third-order valence-electron chi connectivity index (χ3n) is 2.49. The zero-order chi connectivity index (χ0) is 16.4. The van der Waals surface area contributed by atoms with E-state index in [0.717, 1.165) is 13.0 Å². The maximum atomic E-state index is 12.8. The Kier molecular flexibility index (Phi) is 4.32. The molecule has 1 aromatic carbocycles. The van der Waals surface area contributed by atoms with Crippen molar-refractivity contribution in [2.45, 2.75) is 18.2 Å². The molecule has 0 heterocycles. The van der Waals surface area contributed by atoms with Gasteiger partial charge in [0, 0.05) is 31.8 Å². The molecule has 1 rings (SSSR count). The minimum absolute atomic E-state index is 0.0189. The average Bonchev–Trinajstić information content (AvgIpc) is 2.31. The number of rotatable bonds is 7. The average molecular weight is 334 g/mol. The van der Waals surface area contributed by atoms with E-state index in [1.807, 2.05) is 0 Å². The molecule has 0 aliphatic rings. The van der Waals surface area contributed by atoms with Crippen molar-refractivity contribution < 1.29 is 33.7 Å². The van der Waals surface area contributed by atoms with Crippen molar-refractivity contribution >= 4 is 16.0 Å². The number of ketones is 1. The second-order valence-corrected chi connectivity index (χ2v) is 6.82. The molecular weight excluding hydrogens is 319 g/mol. The van der Waals surface area contributed by atoms with Gasteiger partial charge in [-0.3, -0.25) is 4.79 Å². The van der Waals surface area contributed by atoms with Crippen LogP contribution in [0.3, 0.4) is 0 Å². The molecule has 3 nitrogen and oxygen atoms in total. The minimum atomic E-state index is -9.87. The molecule has 21 heavy (non-hydrogen) atoms. The van der Waals surface area contributed by atoms with Gasteiger partial charge in [0.25, 0.3) is 0 Å². The number of methoxy groups -OCH3 is 1. The SMILES string of the molecule is COCCCOc1cc(C(C)=O)cc(S(F)(F)(F)(F)F)c1. The van der Waals surface area contributed by atoms with Crippen LogP contribution in [0, 0.1) is 0 Å². The molecule has 0 N–H and O–H groups in total. The van der Waals surface area contributed by atoms with Gasteiger partial charge >= 0.3 is 10.2 Å². The van der Waals surface area contributed by atoms with Crippen molar-refractivity contribution in [2.75, 3.05) is 20.3 Å². The first kappa shape index (κ1) is 17.7. The van der Waals surface area contributed by atoms with Crippen molar-refractivity contribution in [2.24, 2.45) is 0 Å². The summed E-state index contributed by atoms with van der Waals surface area (Å²) in [6.45, 7) is 1.27. The summed E-state index contributed by atoms with van der Waals surface area (Å²) in [7, 11) is -8.43. The van der Waals surface area contributed by atoms with Crippen molar-refractivity contribution in [3.05, 3.63) is 23.8 Å². The summed E-state index contributed by atoms with van der Waals surface area (Å²) in [5, 5.41) is 0. The molecule has 0 amide bonds. The number of benzene rings is 1. The smallest absolute Gasteiger partial charge is 0.310 e. The summed E-state index contributed by atoms with van der Waals surface area (Å²) in [4.78, 5) is 9.05. The summed E-state index contributed by atoms with van der Waals surface area (Å²) in [6, 6.07) is 1.36. The Hall–Kier alpha value is -1.35.